The van der Waals surface area contributed by atoms with E-state index in [0.29, 0.717) is 0 Å². The third-order valence-electron chi connectivity index (χ3n) is 7.14. The molecule has 0 unspecified atom stereocenters. The van der Waals surface area contributed by atoms with Gasteiger partial charge < -0.3 is 9.80 Å². The first-order valence-corrected chi connectivity index (χ1v) is 12.9. The molecule has 0 heterocycles. The minimum absolute atomic E-state index is 0.817. The highest BCUT2D eigenvalue weighted by Gasteiger charge is 2.14. The molecule has 38 heavy (non-hydrogen) atoms. The van der Waals surface area contributed by atoms with Crippen molar-refractivity contribution < 1.29 is 0 Å². The number of nitrogens with zero attached hydrogens (tertiary/aromatic N) is 4. The zero-order valence-electron chi connectivity index (χ0n) is 22.2. The number of hydrogen-bond acceptors (Lipinski definition) is 2. The Bertz CT molecular complexity index is 1880. The summed E-state index contributed by atoms with van der Waals surface area (Å²) < 4.78 is 0. The molecule has 4 heteroatoms. The Labute approximate surface area is 223 Å². The average molecular weight is 495 g/mol. The molecule has 4 nitrogen and oxygen atoms in total. The van der Waals surface area contributed by atoms with E-state index >= 15 is 0 Å². The number of rotatable bonds is 2. The van der Waals surface area contributed by atoms with Crippen LogP contribution in [0.1, 0.15) is 6.92 Å². The van der Waals surface area contributed by atoms with Crippen molar-refractivity contribution in [2.75, 3.05) is 21.1 Å². The number of guanidine groups is 1. The van der Waals surface area contributed by atoms with Crippen LogP contribution in [-0.2, 0) is 0 Å². The normalized spacial score (nSPS) is 12.5. The van der Waals surface area contributed by atoms with Gasteiger partial charge in [-0.15, -0.1) is 0 Å². The molecular weight excluding hydrogens is 464 g/mol. The van der Waals surface area contributed by atoms with Crippen LogP contribution in [0.4, 0.5) is 11.4 Å². The lowest BCUT2D eigenvalue weighted by atomic mass is 10.0. The van der Waals surface area contributed by atoms with Crippen LogP contribution < -0.4 is 0 Å². The highest BCUT2D eigenvalue weighted by Crippen LogP contribution is 2.32. The van der Waals surface area contributed by atoms with Gasteiger partial charge in [0.25, 0.3) is 0 Å². The Morgan fingerprint density at radius 2 is 0.921 bits per heavy atom. The van der Waals surface area contributed by atoms with Crippen molar-refractivity contribution in [3.63, 3.8) is 0 Å². The number of fused-ring (bicyclic) bond motifs is 4. The summed E-state index contributed by atoms with van der Waals surface area (Å²) in [7, 11) is 6.07. The number of aliphatic imine (C=N–C) groups is 2. The van der Waals surface area contributed by atoms with E-state index in [9.17, 15) is 0 Å². The van der Waals surface area contributed by atoms with Gasteiger partial charge in [-0.2, -0.15) is 0 Å². The van der Waals surface area contributed by atoms with Crippen molar-refractivity contribution in [3.8, 4) is 0 Å². The predicted octanol–water partition coefficient (Wildman–Crippen LogP) is 8.53. The van der Waals surface area contributed by atoms with E-state index in [4.69, 9.17) is 9.98 Å². The molecule has 0 amide bonds. The molecule has 6 aromatic rings. The fourth-order valence-electron chi connectivity index (χ4n) is 5.07. The molecule has 0 aliphatic heterocycles. The molecule has 6 aromatic carbocycles. The quantitative estimate of drug-likeness (QED) is 0.137. The van der Waals surface area contributed by atoms with Gasteiger partial charge in [-0.25, -0.2) is 9.98 Å². The number of amidine groups is 1. The highest BCUT2D eigenvalue weighted by molar-refractivity contribution is 6.08. The summed E-state index contributed by atoms with van der Waals surface area (Å²) in [4.78, 5) is 14.3. The molecule has 0 saturated carbocycles. The van der Waals surface area contributed by atoms with Gasteiger partial charge in [-0.1, -0.05) is 72.8 Å². The van der Waals surface area contributed by atoms with Crippen LogP contribution in [0.2, 0.25) is 0 Å². The average Bonchev–Trinajstić information content (AvgIpc) is 2.93. The Balaban J connectivity index is 1.43. The largest absolute Gasteiger partial charge is 0.348 e. The standard InChI is InChI=1S/C34H30N4/c1-23(35-32-17-9-15-28-19-24-11-5-7-13-26(24)21-30(28)32)38(4)34(37(2)3)36-33-18-10-16-29-20-25-12-6-8-14-27(25)22-31(29)33/h5-22H,1-4H3. The number of benzene rings is 6. The maximum Gasteiger partial charge on any atom is 0.206 e. The Morgan fingerprint density at radius 1 is 0.500 bits per heavy atom. The molecule has 0 aromatic heterocycles. The summed E-state index contributed by atoms with van der Waals surface area (Å²) in [5.41, 5.74) is 1.89. The van der Waals surface area contributed by atoms with E-state index in [2.05, 4.69) is 114 Å². The second-order valence-electron chi connectivity index (χ2n) is 9.92. The van der Waals surface area contributed by atoms with Gasteiger partial charge in [0.15, 0.2) is 0 Å². The van der Waals surface area contributed by atoms with Crippen molar-refractivity contribution >= 4 is 66.3 Å². The first-order chi connectivity index (χ1) is 18.5. The zero-order chi connectivity index (χ0) is 26.2. The molecule has 6 rings (SSSR count). The molecule has 0 bridgehead atoms. The van der Waals surface area contributed by atoms with Gasteiger partial charge in [-0.05, 0) is 75.6 Å². The Morgan fingerprint density at radius 3 is 1.39 bits per heavy atom. The summed E-state index contributed by atoms with van der Waals surface area (Å²) in [5, 5.41) is 9.54. The summed E-state index contributed by atoms with van der Waals surface area (Å²) in [6, 6.07) is 38.5. The van der Waals surface area contributed by atoms with Gasteiger partial charge in [0.2, 0.25) is 5.96 Å². The van der Waals surface area contributed by atoms with Gasteiger partial charge in [0.1, 0.15) is 5.84 Å². The lowest BCUT2D eigenvalue weighted by Gasteiger charge is -2.26. The van der Waals surface area contributed by atoms with E-state index in [1.54, 1.807) is 0 Å². The van der Waals surface area contributed by atoms with Crippen LogP contribution in [0.3, 0.4) is 0 Å². The van der Waals surface area contributed by atoms with Crippen LogP contribution in [0.5, 0.6) is 0 Å². The molecule has 0 N–H and O–H groups in total. The molecule has 0 atom stereocenters. The van der Waals surface area contributed by atoms with Crippen molar-refractivity contribution in [2.24, 2.45) is 9.98 Å². The smallest absolute Gasteiger partial charge is 0.206 e. The fraction of sp³-hybridized carbons (Fsp3) is 0.118. The monoisotopic (exact) mass is 494 g/mol. The molecule has 0 spiro atoms. The van der Waals surface area contributed by atoms with Crippen LogP contribution in [-0.4, -0.2) is 42.7 Å². The van der Waals surface area contributed by atoms with E-state index in [-0.39, 0.29) is 0 Å². The maximum atomic E-state index is 5.15. The van der Waals surface area contributed by atoms with E-state index in [1.165, 1.54) is 32.3 Å². The molecule has 0 radical (unpaired) electrons. The summed E-state index contributed by atoms with van der Waals surface area (Å²) in [6.07, 6.45) is 0. The minimum Gasteiger partial charge on any atom is -0.348 e. The summed E-state index contributed by atoms with van der Waals surface area (Å²) >= 11 is 0. The number of hydrogen-bond donors (Lipinski definition) is 0. The zero-order valence-corrected chi connectivity index (χ0v) is 22.2. The first kappa shape index (κ1) is 23.7. The van der Waals surface area contributed by atoms with Crippen molar-refractivity contribution in [2.45, 2.75) is 6.92 Å². The van der Waals surface area contributed by atoms with Gasteiger partial charge in [-0.3, -0.25) is 0 Å². The van der Waals surface area contributed by atoms with Crippen molar-refractivity contribution in [1.82, 2.24) is 9.80 Å². The Kier molecular flexibility index (Phi) is 6.01. The second-order valence-corrected chi connectivity index (χ2v) is 9.92. The van der Waals surface area contributed by atoms with Crippen LogP contribution in [0, 0.1) is 0 Å². The van der Waals surface area contributed by atoms with Crippen molar-refractivity contribution in [3.05, 3.63) is 109 Å². The summed E-state index contributed by atoms with van der Waals surface area (Å²) in [5.74, 6) is 1.68. The first-order valence-electron chi connectivity index (χ1n) is 12.9. The van der Waals surface area contributed by atoms with Crippen LogP contribution >= 0.6 is 0 Å². The Hall–Kier alpha value is -4.70. The lowest BCUT2D eigenvalue weighted by Crippen LogP contribution is -2.40. The second kappa shape index (κ2) is 9.64. The van der Waals surface area contributed by atoms with Gasteiger partial charge in [0.05, 0.1) is 11.4 Å². The maximum absolute atomic E-state index is 5.15. The fourth-order valence-corrected chi connectivity index (χ4v) is 5.07. The molecule has 0 aliphatic rings. The van der Waals surface area contributed by atoms with Crippen LogP contribution in [0.25, 0.3) is 43.1 Å². The molecule has 186 valence electrons. The third kappa shape index (κ3) is 4.35. The van der Waals surface area contributed by atoms with E-state index in [1.807, 2.05) is 33.0 Å². The lowest BCUT2D eigenvalue weighted by molar-refractivity contribution is 0.531. The van der Waals surface area contributed by atoms with Crippen molar-refractivity contribution in [1.29, 1.82) is 0 Å². The SMILES string of the molecule is CC(=Nc1cccc2cc3ccccc3cc12)N(C)C(=Nc1cccc2cc3ccccc3cc12)N(C)C. The minimum atomic E-state index is 0.817. The molecule has 0 aliphatic carbocycles. The van der Waals surface area contributed by atoms with Gasteiger partial charge in [0, 0.05) is 31.9 Å². The predicted molar refractivity (Wildman–Crippen MR) is 164 cm³/mol. The molecule has 0 fully saturated rings. The molecular formula is C34H30N4. The van der Waals surface area contributed by atoms with E-state index < -0.39 is 0 Å². The topological polar surface area (TPSA) is 31.2 Å². The summed E-state index contributed by atoms with van der Waals surface area (Å²) in [6.45, 7) is 2.04. The highest BCUT2D eigenvalue weighted by atomic mass is 15.4. The van der Waals surface area contributed by atoms with Crippen LogP contribution in [0.15, 0.2) is 119 Å². The van der Waals surface area contributed by atoms with E-state index in [0.717, 1.165) is 33.9 Å². The van der Waals surface area contributed by atoms with Gasteiger partial charge >= 0.3 is 0 Å². The third-order valence-corrected chi connectivity index (χ3v) is 7.14. The molecule has 0 saturated heterocycles.